The number of fused-ring (bicyclic) bond motifs is 1. The summed E-state index contributed by atoms with van der Waals surface area (Å²) in [7, 11) is 0. The molecule has 0 amide bonds. The zero-order chi connectivity index (χ0) is 14.7. The van der Waals surface area contributed by atoms with Gasteiger partial charge in [0, 0.05) is 23.2 Å². The average Bonchev–Trinajstić information content (AvgIpc) is 2.51. The molecule has 106 valence electrons. The molecule has 0 saturated heterocycles. The Labute approximate surface area is 122 Å². The lowest BCUT2D eigenvalue weighted by Gasteiger charge is -2.11. The van der Waals surface area contributed by atoms with Crippen molar-refractivity contribution in [3.8, 4) is 11.5 Å². The second-order valence-corrected chi connectivity index (χ2v) is 4.72. The van der Waals surface area contributed by atoms with Crippen molar-refractivity contribution < 1.29 is 9.13 Å². The highest BCUT2D eigenvalue weighted by atomic mass is 19.1. The molecule has 0 unspecified atom stereocenters. The fourth-order valence-electron chi connectivity index (χ4n) is 2.26. The summed E-state index contributed by atoms with van der Waals surface area (Å²) in [6, 6.07) is 14.3. The summed E-state index contributed by atoms with van der Waals surface area (Å²) < 4.78 is 19.7. The van der Waals surface area contributed by atoms with Crippen LogP contribution in [0.1, 0.15) is 5.56 Å². The van der Waals surface area contributed by atoms with Gasteiger partial charge in [-0.15, -0.1) is 0 Å². The summed E-state index contributed by atoms with van der Waals surface area (Å²) in [5, 5.41) is 1.03. The van der Waals surface area contributed by atoms with Gasteiger partial charge in [0.25, 0.3) is 0 Å². The molecular weight excluding hydrogens is 267 g/mol. The molecule has 0 aliphatic heterocycles. The molecular formula is C17H15FN2O. The predicted molar refractivity (Wildman–Crippen MR) is 81.0 cm³/mol. The fourth-order valence-corrected chi connectivity index (χ4v) is 2.26. The van der Waals surface area contributed by atoms with Gasteiger partial charge in [0.2, 0.25) is 0 Å². The molecule has 3 aromatic rings. The maximum absolute atomic E-state index is 13.8. The van der Waals surface area contributed by atoms with Crippen molar-refractivity contribution in [2.24, 2.45) is 5.73 Å². The quantitative estimate of drug-likeness (QED) is 0.794. The van der Waals surface area contributed by atoms with Crippen LogP contribution in [0.2, 0.25) is 0 Å². The minimum atomic E-state index is -0.295. The van der Waals surface area contributed by atoms with Crippen molar-refractivity contribution in [3.63, 3.8) is 0 Å². The Hall–Kier alpha value is -2.46. The van der Waals surface area contributed by atoms with E-state index in [2.05, 4.69) is 4.98 Å². The monoisotopic (exact) mass is 282 g/mol. The van der Waals surface area contributed by atoms with Crippen molar-refractivity contribution >= 4 is 10.9 Å². The Morgan fingerprint density at radius 1 is 1.10 bits per heavy atom. The predicted octanol–water partition coefficient (Wildman–Crippen LogP) is 3.67. The molecule has 0 aliphatic rings. The lowest BCUT2D eigenvalue weighted by molar-refractivity contribution is 0.467. The van der Waals surface area contributed by atoms with E-state index >= 15 is 0 Å². The fraction of sp³-hybridized carbons (Fsp3) is 0.118. The van der Waals surface area contributed by atoms with Gasteiger partial charge in [-0.05, 0) is 43.3 Å². The number of nitrogens with zero attached hydrogens (tertiary/aromatic N) is 1. The highest BCUT2D eigenvalue weighted by Gasteiger charge is 2.10. The minimum absolute atomic E-state index is 0.295. The van der Waals surface area contributed by atoms with E-state index in [1.54, 1.807) is 18.3 Å². The minimum Gasteiger partial charge on any atom is -0.457 e. The van der Waals surface area contributed by atoms with E-state index in [1.807, 2.05) is 30.3 Å². The molecule has 0 spiro atoms. The maximum Gasteiger partial charge on any atom is 0.133 e. The van der Waals surface area contributed by atoms with Crippen LogP contribution in [0.3, 0.4) is 0 Å². The summed E-state index contributed by atoms with van der Waals surface area (Å²) in [4.78, 5) is 4.29. The summed E-state index contributed by atoms with van der Waals surface area (Å²) >= 11 is 0. The van der Waals surface area contributed by atoms with Crippen molar-refractivity contribution in [1.29, 1.82) is 0 Å². The van der Waals surface area contributed by atoms with Crippen LogP contribution in [0.4, 0.5) is 4.39 Å². The zero-order valence-corrected chi connectivity index (χ0v) is 11.4. The number of halogens is 1. The highest BCUT2D eigenvalue weighted by Crippen LogP contribution is 2.29. The number of aromatic nitrogens is 1. The topological polar surface area (TPSA) is 48.1 Å². The van der Waals surface area contributed by atoms with Gasteiger partial charge in [-0.1, -0.05) is 12.1 Å². The number of hydrogen-bond donors (Lipinski definition) is 1. The van der Waals surface area contributed by atoms with E-state index in [0.29, 0.717) is 30.0 Å². The number of rotatable bonds is 4. The molecule has 0 bridgehead atoms. The van der Waals surface area contributed by atoms with E-state index in [4.69, 9.17) is 10.5 Å². The van der Waals surface area contributed by atoms with Gasteiger partial charge in [-0.25, -0.2) is 4.39 Å². The van der Waals surface area contributed by atoms with Gasteiger partial charge >= 0.3 is 0 Å². The molecule has 2 N–H and O–H groups in total. The molecule has 0 fully saturated rings. The first-order chi connectivity index (χ1) is 10.3. The van der Waals surface area contributed by atoms with E-state index in [0.717, 1.165) is 10.9 Å². The van der Waals surface area contributed by atoms with Crippen molar-refractivity contribution in [2.75, 3.05) is 6.54 Å². The van der Waals surface area contributed by atoms with Crippen LogP contribution in [0, 0.1) is 5.82 Å². The third-order valence-electron chi connectivity index (χ3n) is 3.28. The first-order valence-corrected chi connectivity index (χ1v) is 6.78. The lowest BCUT2D eigenvalue weighted by atomic mass is 10.1. The Balaban J connectivity index is 1.96. The Bertz CT molecular complexity index is 774. The molecule has 1 heterocycles. The van der Waals surface area contributed by atoms with Gasteiger partial charge in [-0.3, -0.25) is 4.98 Å². The van der Waals surface area contributed by atoms with Gasteiger partial charge in [0.15, 0.2) is 0 Å². The largest absolute Gasteiger partial charge is 0.457 e. The smallest absolute Gasteiger partial charge is 0.133 e. The lowest BCUT2D eigenvalue weighted by Crippen LogP contribution is -2.06. The van der Waals surface area contributed by atoms with Crippen molar-refractivity contribution in [1.82, 2.24) is 4.98 Å². The molecule has 0 saturated carbocycles. The molecule has 3 nitrogen and oxygen atoms in total. The second-order valence-electron chi connectivity index (χ2n) is 4.72. The molecule has 0 aliphatic carbocycles. The first-order valence-electron chi connectivity index (χ1n) is 6.78. The van der Waals surface area contributed by atoms with Crippen molar-refractivity contribution in [3.05, 3.63) is 66.1 Å². The third kappa shape index (κ3) is 2.85. The number of benzene rings is 2. The summed E-state index contributed by atoms with van der Waals surface area (Å²) in [5.41, 5.74) is 6.87. The molecule has 2 aromatic carbocycles. The van der Waals surface area contributed by atoms with Gasteiger partial charge in [0.1, 0.15) is 17.3 Å². The molecule has 21 heavy (non-hydrogen) atoms. The number of ether oxygens (including phenoxy) is 1. The Kier molecular flexibility index (Phi) is 3.79. The van der Waals surface area contributed by atoms with Crippen LogP contribution in [0.25, 0.3) is 10.9 Å². The van der Waals surface area contributed by atoms with Gasteiger partial charge in [-0.2, -0.15) is 0 Å². The molecule has 1 aromatic heterocycles. The Morgan fingerprint density at radius 3 is 2.86 bits per heavy atom. The molecule has 0 atom stereocenters. The highest BCUT2D eigenvalue weighted by molar-refractivity contribution is 5.79. The van der Waals surface area contributed by atoms with Gasteiger partial charge < -0.3 is 10.5 Å². The third-order valence-corrected chi connectivity index (χ3v) is 3.28. The van der Waals surface area contributed by atoms with E-state index < -0.39 is 0 Å². The van der Waals surface area contributed by atoms with Gasteiger partial charge in [0.05, 0.1) is 5.52 Å². The van der Waals surface area contributed by atoms with Crippen LogP contribution in [0.5, 0.6) is 11.5 Å². The number of nitrogens with two attached hydrogens (primary N) is 1. The van der Waals surface area contributed by atoms with E-state index in [1.165, 1.54) is 6.07 Å². The standard InChI is InChI=1S/C17H15FN2O/c18-15-4-1-5-17(14(15)8-9-19)21-13-7-6-12-3-2-10-20-16(12)11-13/h1-7,10-11H,8-9,19H2. The summed E-state index contributed by atoms with van der Waals surface area (Å²) in [6.45, 7) is 0.372. The first kappa shape index (κ1) is 13.5. The number of pyridine rings is 1. The zero-order valence-electron chi connectivity index (χ0n) is 11.4. The van der Waals surface area contributed by atoms with Crippen LogP contribution in [-0.4, -0.2) is 11.5 Å². The number of hydrogen-bond acceptors (Lipinski definition) is 3. The normalized spacial score (nSPS) is 10.8. The second kappa shape index (κ2) is 5.89. The Morgan fingerprint density at radius 2 is 2.00 bits per heavy atom. The van der Waals surface area contributed by atoms with Crippen LogP contribution >= 0.6 is 0 Å². The average molecular weight is 282 g/mol. The summed E-state index contributed by atoms with van der Waals surface area (Å²) in [6.07, 6.45) is 2.17. The SMILES string of the molecule is NCCc1c(F)cccc1Oc1ccc2cccnc2c1. The molecule has 3 rings (SSSR count). The van der Waals surface area contributed by atoms with E-state index in [9.17, 15) is 4.39 Å². The van der Waals surface area contributed by atoms with Crippen LogP contribution < -0.4 is 10.5 Å². The molecule has 0 radical (unpaired) electrons. The van der Waals surface area contributed by atoms with Crippen LogP contribution in [0.15, 0.2) is 54.7 Å². The molecule has 4 heteroatoms. The van der Waals surface area contributed by atoms with E-state index in [-0.39, 0.29) is 5.82 Å². The van der Waals surface area contributed by atoms with Crippen molar-refractivity contribution in [2.45, 2.75) is 6.42 Å². The maximum atomic E-state index is 13.8. The van der Waals surface area contributed by atoms with Crippen LogP contribution in [-0.2, 0) is 6.42 Å². The summed E-state index contributed by atoms with van der Waals surface area (Å²) in [5.74, 6) is 0.831.